The molecule has 0 fully saturated rings. The lowest BCUT2D eigenvalue weighted by Gasteiger charge is -2.11. The lowest BCUT2D eigenvalue weighted by atomic mass is 10.0. The molecule has 31 heavy (non-hydrogen) atoms. The third-order valence-electron chi connectivity index (χ3n) is 4.81. The summed E-state index contributed by atoms with van der Waals surface area (Å²) in [5.41, 5.74) is 3.35. The molecule has 0 saturated heterocycles. The Balaban J connectivity index is 2.04. The SMILES string of the molecule is C=C/C=c1/cc(C(=O)Nc2csc(-c3cc(C)c(OC)cc3C)c2C(=O)O)o/c1=C/C. The lowest BCUT2D eigenvalue weighted by molar-refractivity contribution is 0.0699. The number of methoxy groups -OCH3 is 1. The molecule has 0 aliphatic heterocycles. The van der Waals surface area contributed by atoms with Crippen molar-refractivity contribution < 1.29 is 23.8 Å². The van der Waals surface area contributed by atoms with Crippen molar-refractivity contribution in [2.75, 3.05) is 12.4 Å². The van der Waals surface area contributed by atoms with Crippen molar-refractivity contribution in [3.8, 4) is 16.2 Å². The number of carboxylic acid groups (broad SMARTS) is 1. The first-order valence-electron chi connectivity index (χ1n) is 9.51. The van der Waals surface area contributed by atoms with Gasteiger partial charge in [-0.25, -0.2) is 4.79 Å². The maximum absolute atomic E-state index is 12.8. The highest BCUT2D eigenvalue weighted by atomic mass is 32.1. The average molecular weight is 438 g/mol. The van der Waals surface area contributed by atoms with E-state index in [1.165, 1.54) is 11.3 Å². The molecule has 0 atom stereocenters. The largest absolute Gasteiger partial charge is 0.496 e. The van der Waals surface area contributed by atoms with Gasteiger partial charge in [0.05, 0.1) is 17.7 Å². The molecule has 0 saturated carbocycles. The quantitative estimate of drug-likeness (QED) is 0.599. The highest BCUT2D eigenvalue weighted by Gasteiger charge is 2.24. The van der Waals surface area contributed by atoms with Gasteiger partial charge in [0, 0.05) is 10.6 Å². The molecule has 2 N–H and O–H groups in total. The molecule has 0 bridgehead atoms. The minimum atomic E-state index is -1.12. The minimum absolute atomic E-state index is 0.0396. The van der Waals surface area contributed by atoms with Crippen LogP contribution in [0.25, 0.3) is 22.6 Å². The van der Waals surface area contributed by atoms with Crippen LogP contribution >= 0.6 is 11.3 Å². The van der Waals surface area contributed by atoms with Crippen LogP contribution in [0.15, 0.2) is 40.7 Å². The average Bonchev–Trinajstić information content (AvgIpc) is 3.33. The van der Waals surface area contributed by atoms with Crippen LogP contribution in [0.4, 0.5) is 5.69 Å². The van der Waals surface area contributed by atoms with Gasteiger partial charge < -0.3 is 19.6 Å². The summed E-state index contributed by atoms with van der Waals surface area (Å²) >= 11 is 1.26. The number of benzene rings is 1. The van der Waals surface area contributed by atoms with Crippen molar-refractivity contribution in [3.63, 3.8) is 0 Å². The molecule has 1 aromatic carbocycles. The molecule has 3 aromatic rings. The van der Waals surface area contributed by atoms with Crippen LogP contribution < -0.4 is 20.7 Å². The van der Waals surface area contributed by atoms with Gasteiger partial charge in [0.15, 0.2) is 5.76 Å². The Bertz CT molecular complexity index is 1300. The van der Waals surface area contributed by atoms with E-state index in [2.05, 4.69) is 11.9 Å². The molecule has 7 heteroatoms. The fourth-order valence-corrected chi connectivity index (χ4v) is 4.39. The molecule has 0 spiro atoms. The molecule has 0 radical (unpaired) electrons. The van der Waals surface area contributed by atoms with Crippen LogP contribution in [-0.2, 0) is 0 Å². The van der Waals surface area contributed by atoms with Crippen molar-refractivity contribution >= 4 is 41.1 Å². The van der Waals surface area contributed by atoms with Crippen LogP contribution in [0.3, 0.4) is 0 Å². The van der Waals surface area contributed by atoms with E-state index in [9.17, 15) is 14.7 Å². The predicted octanol–water partition coefficient (Wildman–Crippen LogP) is 4.35. The number of aromatic carboxylic acids is 1. The fourth-order valence-electron chi connectivity index (χ4n) is 3.31. The lowest BCUT2D eigenvalue weighted by Crippen LogP contribution is -2.17. The van der Waals surface area contributed by atoms with Crippen molar-refractivity contribution in [2.24, 2.45) is 0 Å². The number of ether oxygens (including phenoxy) is 1. The summed E-state index contributed by atoms with van der Waals surface area (Å²) in [7, 11) is 1.59. The van der Waals surface area contributed by atoms with Crippen LogP contribution in [0, 0.1) is 13.8 Å². The smallest absolute Gasteiger partial charge is 0.339 e. The molecular formula is C24H23NO5S. The fraction of sp³-hybridized carbons (Fsp3) is 0.167. The Hall–Kier alpha value is -3.58. The Labute approximate surface area is 183 Å². The summed E-state index contributed by atoms with van der Waals surface area (Å²) < 4.78 is 10.9. The molecule has 0 aliphatic rings. The van der Waals surface area contributed by atoms with Gasteiger partial charge in [-0.15, -0.1) is 11.3 Å². The Morgan fingerprint density at radius 3 is 2.58 bits per heavy atom. The zero-order valence-corrected chi connectivity index (χ0v) is 18.6. The van der Waals surface area contributed by atoms with E-state index in [1.807, 2.05) is 26.0 Å². The van der Waals surface area contributed by atoms with Gasteiger partial charge in [-0.05, 0) is 61.7 Å². The number of carboxylic acids is 1. The van der Waals surface area contributed by atoms with Crippen LogP contribution in [-0.4, -0.2) is 24.1 Å². The summed E-state index contributed by atoms with van der Waals surface area (Å²) in [5.74, 6) is -0.832. The van der Waals surface area contributed by atoms with Crippen molar-refractivity contribution in [1.29, 1.82) is 0 Å². The number of aryl methyl sites for hydroxylation is 2. The van der Waals surface area contributed by atoms with E-state index in [1.54, 1.807) is 43.7 Å². The van der Waals surface area contributed by atoms with Crippen molar-refractivity contribution in [3.05, 3.63) is 69.3 Å². The predicted molar refractivity (Wildman–Crippen MR) is 123 cm³/mol. The van der Waals surface area contributed by atoms with Crippen LogP contribution in [0.2, 0.25) is 0 Å². The maximum atomic E-state index is 12.8. The monoisotopic (exact) mass is 437 g/mol. The van der Waals surface area contributed by atoms with Gasteiger partial charge in [0.25, 0.3) is 5.91 Å². The molecular weight excluding hydrogens is 414 g/mol. The molecule has 160 valence electrons. The van der Waals surface area contributed by atoms with Gasteiger partial charge in [-0.3, -0.25) is 4.79 Å². The second-order valence-corrected chi connectivity index (χ2v) is 7.75. The molecule has 0 unspecified atom stereocenters. The number of hydrogen-bond donors (Lipinski definition) is 2. The van der Waals surface area contributed by atoms with Crippen molar-refractivity contribution in [2.45, 2.75) is 20.8 Å². The summed E-state index contributed by atoms with van der Waals surface area (Å²) in [4.78, 5) is 25.4. The van der Waals surface area contributed by atoms with E-state index < -0.39 is 11.9 Å². The molecule has 6 nitrogen and oxygen atoms in total. The maximum Gasteiger partial charge on any atom is 0.339 e. The second kappa shape index (κ2) is 9.06. The molecule has 3 rings (SSSR count). The number of anilines is 1. The van der Waals surface area contributed by atoms with Gasteiger partial charge in [0.1, 0.15) is 16.7 Å². The number of carbonyl (C=O) groups excluding carboxylic acids is 1. The van der Waals surface area contributed by atoms with Gasteiger partial charge >= 0.3 is 5.97 Å². The highest BCUT2D eigenvalue weighted by molar-refractivity contribution is 7.14. The van der Waals surface area contributed by atoms with E-state index in [0.29, 0.717) is 10.3 Å². The highest BCUT2D eigenvalue weighted by Crippen LogP contribution is 2.39. The topological polar surface area (TPSA) is 88.8 Å². The number of rotatable bonds is 6. The van der Waals surface area contributed by atoms with Gasteiger partial charge in [0.2, 0.25) is 0 Å². The zero-order chi connectivity index (χ0) is 22.7. The second-order valence-electron chi connectivity index (χ2n) is 6.87. The summed E-state index contributed by atoms with van der Waals surface area (Å²) in [6.07, 6.45) is 5.08. The number of hydrogen-bond acceptors (Lipinski definition) is 5. The standard InChI is InChI=1S/C24H23NO5S/c1-6-8-15-11-20(30-18(15)7-2)23(26)25-17-12-31-22(21(17)24(27)28)16-9-14(4)19(29-5)10-13(16)3/h6-12H,1H2,2-5H3,(H,25,26)(H,27,28)/b15-8-,18-7+. The van der Waals surface area contributed by atoms with Gasteiger partial charge in [-0.1, -0.05) is 18.7 Å². The van der Waals surface area contributed by atoms with E-state index >= 15 is 0 Å². The Kier molecular flexibility index (Phi) is 6.46. The van der Waals surface area contributed by atoms with E-state index in [0.717, 1.165) is 27.7 Å². The number of thiophene rings is 1. The zero-order valence-electron chi connectivity index (χ0n) is 17.7. The Morgan fingerprint density at radius 2 is 1.97 bits per heavy atom. The first kappa shape index (κ1) is 22.1. The first-order chi connectivity index (χ1) is 14.8. The van der Waals surface area contributed by atoms with Crippen LogP contribution in [0.1, 0.15) is 39.0 Å². The molecule has 2 heterocycles. The van der Waals surface area contributed by atoms with E-state index in [4.69, 9.17) is 9.15 Å². The van der Waals surface area contributed by atoms with Gasteiger partial charge in [-0.2, -0.15) is 0 Å². The molecule has 1 amide bonds. The first-order valence-corrected chi connectivity index (χ1v) is 10.4. The number of nitrogens with one attached hydrogen (secondary N) is 1. The number of carbonyl (C=O) groups is 2. The minimum Gasteiger partial charge on any atom is -0.496 e. The molecule has 2 aromatic heterocycles. The third-order valence-corrected chi connectivity index (χ3v) is 5.83. The third kappa shape index (κ3) is 4.32. The van der Waals surface area contributed by atoms with Crippen molar-refractivity contribution in [1.82, 2.24) is 0 Å². The summed E-state index contributed by atoms with van der Waals surface area (Å²) in [6.45, 7) is 9.25. The van der Waals surface area contributed by atoms with Crippen LogP contribution in [0.5, 0.6) is 5.75 Å². The summed E-state index contributed by atoms with van der Waals surface area (Å²) in [5, 5.41) is 14.9. The number of furan rings is 1. The van der Waals surface area contributed by atoms with E-state index in [-0.39, 0.29) is 17.0 Å². The Morgan fingerprint density at radius 1 is 1.23 bits per heavy atom. The number of allylic oxidation sites excluding steroid dienone is 1. The summed E-state index contributed by atoms with van der Waals surface area (Å²) in [6, 6.07) is 5.36. The normalized spacial score (nSPS) is 12.1. The molecule has 0 aliphatic carbocycles. The number of amides is 1.